The Bertz CT molecular complexity index is 537. The normalized spacial score (nSPS) is 10.2. The summed E-state index contributed by atoms with van der Waals surface area (Å²) >= 11 is 3.38. The van der Waals surface area contributed by atoms with Crippen molar-refractivity contribution >= 4 is 21.8 Å². The van der Waals surface area contributed by atoms with E-state index in [2.05, 4.69) is 26.4 Å². The second kappa shape index (κ2) is 5.14. The van der Waals surface area contributed by atoms with Gasteiger partial charge in [-0.2, -0.15) is 0 Å². The largest absolute Gasteiger partial charge is 0.361 e. The fourth-order valence-electron chi connectivity index (χ4n) is 1.39. The van der Waals surface area contributed by atoms with Crippen LogP contribution in [-0.4, -0.2) is 11.1 Å². The van der Waals surface area contributed by atoms with Gasteiger partial charge in [-0.25, -0.2) is 0 Å². The quantitative estimate of drug-likeness (QED) is 0.947. The molecule has 2 aromatic rings. The van der Waals surface area contributed by atoms with Crippen LogP contribution < -0.4 is 5.32 Å². The lowest BCUT2D eigenvalue weighted by Gasteiger charge is -2.03. The molecule has 1 heterocycles. The molecule has 0 saturated carbocycles. The predicted octanol–water partition coefficient (Wildman–Crippen LogP) is 2.68. The molecule has 88 valence electrons. The van der Waals surface area contributed by atoms with Crippen LogP contribution >= 0.6 is 15.9 Å². The van der Waals surface area contributed by atoms with Crippen molar-refractivity contribution in [2.75, 3.05) is 0 Å². The molecular weight excluding hydrogens is 284 g/mol. The van der Waals surface area contributed by atoms with Crippen LogP contribution in [0.2, 0.25) is 0 Å². The molecule has 2 rings (SSSR count). The SMILES string of the molecule is Cc1cc(C(=O)NCc2cccc(Br)c2)no1. The smallest absolute Gasteiger partial charge is 0.273 e. The number of rotatable bonds is 3. The number of halogens is 1. The van der Waals surface area contributed by atoms with Gasteiger partial charge in [0.1, 0.15) is 5.76 Å². The number of nitrogens with zero attached hydrogens (tertiary/aromatic N) is 1. The highest BCUT2D eigenvalue weighted by atomic mass is 79.9. The lowest BCUT2D eigenvalue weighted by molar-refractivity contribution is 0.0942. The van der Waals surface area contributed by atoms with Gasteiger partial charge in [0.25, 0.3) is 5.91 Å². The Kier molecular flexibility index (Phi) is 3.58. The van der Waals surface area contributed by atoms with E-state index in [0.29, 0.717) is 18.0 Å². The Balaban J connectivity index is 1.97. The number of nitrogens with one attached hydrogen (secondary N) is 1. The third kappa shape index (κ3) is 3.17. The lowest BCUT2D eigenvalue weighted by Crippen LogP contribution is -2.23. The van der Waals surface area contributed by atoms with Crippen molar-refractivity contribution in [3.63, 3.8) is 0 Å². The molecule has 1 amide bonds. The lowest BCUT2D eigenvalue weighted by atomic mass is 10.2. The standard InChI is InChI=1S/C12H11BrN2O2/c1-8-5-11(15-17-8)12(16)14-7-9-3-2-4-10(13)6-9/h2-6H,7H2,1H3,(H,14,16). The van der Waals surface area contributed by atoms with Gasteiger partial charge in [0.2, 0.25) is 0 Å². The fourth-order valence-corrected chi connectivity index (χ4v) is 1.84. The summed E-state index contributed by atoms with van der Waals surface area (Å²) in [4.78, 5) is 11.7. The van der Waals surface area contributed by atoms with E-state index in [4.69, 9.17) is 4.52 Å². The molecule has 0 radical (unpaired) electrons. The molecule has 0 bridgehead atoms. The molecule has 0 aliphatic rings. The number of aromatic nitrogens is 1. The summed E-state index contributed by atoms with van der Waals surface area (Å²) in [5.74, 6) is 0.388. The second-order valence-corrected chi connectivity index (χ2v) is 4.55. The molecule has 0 unspecified atom stereocenters. The Morgan fingerprint density at radius 1 is 1.47 bits per heavy atom. The van der Waals surface area contributed by atoms with Gasteiger partial charge < -0.3 is 9.84 Å². The highest BCUT2D eigenvalue weighted by Gasteiger charge is 2.09. The first-order valence-corrected chi connectivity index (χ1v) is 5.90. The minimum Gasteiger partial charge on any atom is -0.361 e. The molecule has 0 saturated heterocycles. The number of carbonyl (C=O) groups is 1. The minimum absolute atomic E-state index is 0.234. The molecule has 4 nitrogen and oxygen atoms in total. The average Bonchev–Trinajstić information content (AvgIpc) is 2.73. The molecule has 1 aromatic carbocycles. The van der Waals surface area contributed by atoms with Crippen molar-refractivity contribution in [1.29, 1.82) is 0 Å². The molecular formula is C12H11BrN2O2. The molecule has 0 fully saturated rings. The Morgan fingerprint density at radius 2 is 2.29 bits per heavy atom. The second-order valence-electron chi connectivity index (χ2n) is 3.64. The molecule has 0 aliphatic heterocycles. The predicted molar refractivity (Wildman–Crippen MR) is 66.6 cm³/mol. The van der Waals surface area contributed by atoms with E-state index in [1.54, 1.807) is 13.0 Å². The van der Waals surface area contributed by atoms with Crippen molar-refractivity contribution in [3.05, 3.63) is 51.8 Å². The number of carbonyl (C=O) groups excluding carboxylic acids is 1. The summed E-state index contributed by atoms with van der Waals surface area (Å²) in [7, 11) is 0. The molecule has 1 aromatic heterocycles. The van der Waals surface area contributed by atoms with Gasteiger partial charge >= 0.3 is 0 Å². The van der Waals surface area contributed by atoms with Crippen LogP contribution in [0.1, 0.15) is 21.8 Å². The molecule has 0 atom stereocenters. The van der Waals surface area contributed by atoms with Crippen LogP contribution in [0.4, 0.5) is 0 Å². The summed E-state index contributed by atoms with van der Waals surface area (Å²) in [6, 6.07) is 9.36. The first-order valence-electron chi connectivity index (χ1n) is 5.11. The van der Waals surface area contributed by atoms with Crippen LogP contribution in [0.25, 0.3) is 0 Å². The third-order valence-electron chi connectivity index (χ3n) is 2.20. The topological polar surface area (TPSA) is 55.1 Å². The summed E-state index contributed by atoms with van der Waals surface area (Å²) in [5, 5.41) is 6.42. The number of aryl methyl sites for hydroxylation is 1. The number of benzene rings is 1. The maximum Gasteiger partial charge on any atom is 0.273 e. The maximum absolute atomic E-state index is 11.7. The Morgan fingerprint density at radius 3 is 2.94 bits per heavy atom. The molecule has 1 N–H and O–H groups in total. The number of hydrogen-bond donors (Lipinski definition) is 1. The van der Waals surface area contributed by atoms with E-state index in [9.17, 15) is 4.79 Å². The van der Waals surface area contributed by atoms with Crippen LogP contribution in [0.5, 0.6) is 0 Å². The van der Waals surface area contributed by atoms with Gasteiger partial charge in [-0.05, 0) is 24.6 Å². The van der Waals surface area contributed by atoms with Crippen molar-refractivity contribution in [2.24, 2.45) is 0 Å². The van der Waals surface area contributed by atoms with E-state index in [0.717, 1.165) is 10.0 Å². The van der Waals surface area contributed by atoms with Gasteiger partial charge in [-0.15, -0.1) is 0 Å². The van der Waals surface area contributed by atoms with Crippen LogP contribution in [0.15, 0.2) is 39.3 Å². The highest BCUT2D eigenvalue weighted by molar-refractivity contribution is 9.10. The highest BCUT2D eigenvalue weighted by Crippen LogP contribution is 2.11. The zero-order valence-electron chi connectivity index (χ0n) is 9.24. The maximum atomic E-state index is 11.7. The molecule has 17 heavy (non-hydrogen) atoms. The van der Waals surface area contributed by atoms with Crippen LogP contribution in [0.3, 0.4) is 0 Å². The van der Waals surface area contributed by atoms with Gasteiger partial charge in [0, 0.05) is 17.1 Å². The summed E-state index contributed by atoms with van der Waals surface area (Å²) < 4.78 is 5.83. The average molecular weight is 295 g/mol. The minimum atomic E-state index is -0.234. The Hall–Kier alpha value is -1.62. The zero-order valence-corrected chi connectivity index (χ0v) is 10.8. The number of amides is 1. The molecule has 5 heteroatoms. The van der Waals surface area contributed by atoms with Gasteiger partial charge in [-0.1, -0.05) is 33.2 Å². The van der Waals surface area contributed by atoms with Crippen molar-refractivity contribution in [1.82, 2.24) is 10.5 Å². The van der Waals surface area contributed by atoms with E-state index in [-0.39, 0.29) is 5.91 Å². The summed E-state index contributed by atoms with van der Waals surface area (Å²) in [6.45, 7) is 2.21. The molecule has 0 aliphatic carbocycles. The summed E-state index contributed by atoms with van der Waals surface area (Å²) in [5.41, 5.74) is 1.32. The fraction of sp³-hybridized carbons (Fsp3) is 0.167. The van der Waals surface area contributed by atoms with Crippen LogP contribution in [-0.2, 0) is 6.54 Å². The van der Waals surface area contributed by atoms with E-state index in [1.807, 2.05) is 24.3 Å². The summed E-state index contributed by atoms with van der Waals surface area (Å²) in [6.07, 6.45) is 0. The van der Waals surface area contributed by atoms with Crippen molar-refractivity contribution < 1.29 is 9.32 Å². The van der Waals surface area contributed by atoms with Crippen molar-refractivity contribution in [2.45, 2.75) is 13.5 Å². The van der Waals surface area contributed by atoms with Crippen LogP contribution in [0, 0.1) is 6.92 Å². The monoisotopic (exact) mass is 294 g/mol. The van der Waals surface area contributed by atoms with E-state index in [1.165, 1.54) is 0 Å². The van der Waals surface area contributed by atoms with E-state index >= 15 is 0 Å². The zero-order chi connectivity index (χ0) is 12.3. The van der Waals surface area contributed by atoms with E-state index < -0.39 is 0 Å². The first kappa shape index (κ1) is 11.9. The first-order chi connectivity index (χ1) is 8.15. The van der Waals surface area contributed by atoms with Gasteiger partial charge in [-0.3, -0.25) is 4.79 Å². The van der Waals surface area contributed by atoms with Crippen molar-refractivity contribution in [3.8, 4) is 0 Å². The number of hydrogen-bond acceptors (Lipinski definition) is 3. The van der Waals surface area contributed by atoms with Gasteiger partial charge in [0.05, 0.1) is 0 Å². The van der Waals surface area contributed by atoms with Gasteiger partial charge in [0.15, 0.2) is 5.69 Å². The third-order valence-corrected chi connectivity index (χ3v) is 2.70. The Labute approximate surface area is 107 Å². The molecule has 0 spiro atoms.